The number of nitrogens with one attached hydrogen (secondary N) is 1. The quantitative estimate of drug-likeness (QED) is 0.609. The minimum atomic E-state index is -0.237. The van der Waals surface area contributed by atoms with Gasteiger partial charge in [-0.1, -0.05) is 11.6 Å². The second-order valence-electron chi connectivity index (χ2n) is 5.84. The third-order valence-electron chi connectivity index (χ3n) is 3.70. The van der Waals surface area contributed by atoms with Crippen LogP contribution in [0.4, 0.5) is 0 Å². The maximum atomic E-state index is 12.1. The van der Waals surface area contributed by atoms with Crippen molar-refractivity contribution in [1.29, 1.82) is 0 Å². The SMILES string of the molecule is Cc1ccn(CCCNC(=O)c2ccc(COc3ccc(Cl)cc3)o2)n1. The Morgan fingerprint density at radius 2 is 2.04 bits per heavy atom. The first-order valence-electron chi connectivity index (χ1n) is 8.35. The fourth-order valence-electron chi connectivity index (χ4n) is 2.38. The van der Waals surface area contributed by atoms with Crippen molar-refractivity contribution >= 4 is 17.5 Å². The summed E-state index contributed by atoms with van der Waals surface area (Å²) in [5, 5.41) is 7.79. The molecule has 7 heteroatoms. The summed E-state index contributed by atoms with van der Waals surface area (Å²) < 4.78 is 13.0. The van der Waals surface area contributed by atoms with E-state index in [0.29, 0.717) is 23.1 Å². The molecule has 3 rings (SSSR count). The van der Waals surface area contributed by atoms with E-state index in [0.717, 1.165) is 18.7 Å². The highest BCUT2D eigenvalue weighted by Crippen LogP contribution is 2.17. The average molecular weight is 374 g/mol. The van der Waals surface area contributed by atoms with E-state index < -0.39 is 0 Å². The second kappa shape index (κ2) is 8.58. The van der Waals surface area contributed by atoms with Gasteiger partial charge in [-0.3, -0.25) is 9.48 Å². The van der Waals surface area contributed by atoms with Gasteiger partial charge >= 0.3 is 0 Å². The third-order valence-corrected chi connectivity index (χ3v) is 3.96. The van der Waals surface area contributed by atoms with Gasteiger partial charge in [-0.05, 0) is 55.8 Å². The molecule has 0 bridgehead atoms. The Bertz CT molecular complexity index is 855. The number of aromatic nitrogens is 2. The Kier molecular flexibility index (Phi) is 5.96. The number of aryl methyl sites for hydroxylation is 2. The second-order valence-corrected chi connectivity index (χ2v) is 6.27. The summed E-state index contributed by atoms with van der Waals surface area (Å²) in [6.07, 6.45) is 2.72. The number of halogens is 1. The van der Waals surface area contributed by atoms with Crippen molar-refractivity contribution in [2.75, 3.05) is 6.54 Å². The number of carbonyl (C=O) groups excluding carboxylic acids is 1. The number of benzene rings is 1. The van der Waals surface area contributed by atoms with Gasteiger partial charge in [-0.2, -0.15) is 5.10 Å². The van der Waals surface area contributed by atoms with Crippen molar-refractivity contribution in [3.05, 3.63) is 70.9 Å². The van der Waals surface area contributed by atoms with Gasteiger partial charge in [0, 0.05) is 24.3 Å². The van der Waals surface area contributed by atoms with Crippen LogP contribution in [0.15, 0.2) is 53.1 Å². The highest BCUT2D eigenvalue weighted by atomic mass is 35.5. The summed E-state index contributed by atoms with van der Waals surface area (Å²) in [7, 11) is 0. The van der Waals surface area contributed by atoms with Crippen LogP contribution in [0.1, 0.15) is 28.4 Å². The highest BCUT2D eigenvalue weighted by Gasteiger charge is 2.11. The van der Waals surface area contributed by atoms with Crippen molar-refractivity contribution in [2.45, 2.75) is 26.5 Å². The summed E-state index contributed by atoms with van der Waals surface area (Å²) in [5.41, 5.74) is 0.984. The number of hydrogen-bond donors (Lipinski definition) is 1. The zero-order valence-electron chi connectivity index (χ0n) is 14.4. The Labute approximate surface area is 156 Å². The van der Waals surface area contributed by atoms with Crippen LogP contribution in [0.5, 0.6) is 5.75 Å². The van der Waals surface area contributed by atoms with Gasteiger partial charge in [0.1, 0.15) is 18.1 Å². The number of hydrogen-bond acceptors (Lipinski definition) is 4. The number of carbonyl (C=O) groups is 1. The normalized spacial score (nSPS) is 10.7. The average Bonchev–Trinajstić information content (AvgIpc) is 3.27. The van der Waals surface area contributed by atoms with Gasteiger partial charge in [0.2, 0.25) is 0 Å². The van der Waals surface area contributed by atoms with Gasteiger partial charge in [-0.25, -0.2) is 0 Å². The monoisotopic (exact) mass is 373 g/mol. The highest BCUT2D eigenvalue weighted by molar-refractivity contribution is 6.30. The van der Waals surface area contributed by atoms with Gasteiger partial charge in [0.05, 0.1) is 5.69 Å². The first-order valence-corrected chi connectivity index (χ1v) is 8.73. The Morgan fingerprint density at radius 3 is 2.77 bits per heavy atom. The van der Waals surface area contributed by atoms with E-state index in [1.165, 1.54) is 0 Å². The molecule has 3 aromatic rings. The number of ether oxygens (including phenoxy) is 1. The molecule has 0 radical (unpaired) electrons. The maximum absolute atomic E-state index is 12.1. The van der Waals surface area contributed by atoms with Gasteiger partial charge in [0.25, 0.3) is 5.91 Å². The minimum absolute atomic E-state index is 0.237. The summed E-state index contributed by atoms with van der Waals surface area (Å²) in [5.74, 6) is 1.30. The molecule has 26 heavy (non-hydrogen) atoms. The maximum Gasteiger partial charge on any atom is 0.286 e. The molecule has 1 N–H and O–H groups in total. The Hall–Kier alpha value is -2.73. The van der Waals surface area contributed by atoms with Crippen LogP contribution >= 0.6 is 11.6 Å². The van der Waals surface area contributed by atoms with E-state index in [4.69, 9.17) is 20.8 Å². The Morgan fingerprint density at radius 1 is 1.23 bits per heavy atom. The van der Waals surface area contributed by atoms with Crippen molar-refractivity contribution < 1.29 is 13.9 Å². The largest absolute Gasteiger partial charge is 0.486 e. The zero-order chi connectivity index (χ0) is 18.4. The molecule has 0 fully saturated rings. The fraction of sp³-hybridized carbons (Fsp3) is 0.263. The fourth-order valence-corrected chi connectivity index (χ4v) is 2.51. The third kappa shape index (κ3) is 5.13. The summed E-state index contributed by atoms with van der Waals surface area (Å²) in [6, 6.07) is 12.4. The molecule has 1 aromatic carbocycles. The van der Waals surface area contributed by atoms with E-state index in [2.05, 4.69) is 10.4 Å². The van der Waals surface area contributed by atoms with Crippen LogP contribution in [-0.2, 0) is 13.2 Å². The first-order chi connectivity index (χ1) is 12.6. The molecule has 136 valence electrons. The molecular weight excluding hydrogens is 354 g/mol. The van der Waals surface area contributed by atoms with Gasteiger partial charge in [0.15, 0.2) is 5.76 Å². The standard InChI is InChI=1S/C19H20ClN3O3/c1-14-9-12-23(22-14)11-2-10-21-19(24)18-8-7-17(26-18)13-25-16-5-3-15(20)4-6-16/h3-9,12H,2,10-11,13H2,1H3,(H,21,24). The van der Waals surface area contributed by atoms with Crippen LogP contribution in [0.2, 0.25) is 5.02 Å². The number of amides is 1. The van der Waals surface area contributed by atoms with Crippen LogP contribution in [-0.4, -0.2) is 22.2 Å². The van der Waals surface area contributed by atoms with Crippen LogP contribution in [0, 0.1) is 6.92 Å². The predicted octanol–water partition coefficient (Wildman–Crippen LogP) is 3.84. The van der Waals surface area contributed by atoms with Gasteiger partial charge < -0.3 is 14.5 Å². The molecule has 6 nitrogen and oxygen atoms in total. The molecular formula is C19H20ClN3O3. The molecule has 2 heterocycles. The van der Waals surface area contributed by atoms with Crippen LogP contribution in [0.3, 0.4) is 0 Å². The molecule has 0 spiro atoms. The number of nitrogens with zero attached hydrogens (tertiary/aromatic N) is 2. The van der Waals surface area contributed by atoms with E-state index in [-0.39, 0.29) is 18.3 Å². The molecule has 0 saturated heterocycles. The molecule has 0 unspecified atom stereocenters. The van der Waals surface area contributed by atoms with E-state index in [1.807, 2.05) is 23.9 Å². The lowest BCUT2D eigenvalue weighted by Gasteiger charge is -2.05. The van der Waals surface area contributed by atoms with Gasteiger partial charge in [-0.15, -0.1) is 0 Å². The van der Waals surface area contributed by atoms with Crippen LogP contribution in [0.25, 0.3) is 0 Å². The lowest BCUT2D eigenvalue weighted by molar-refractivity contribution is 0.0921. The van der Waals surface area contributed by atoms with E-state index in [1.54, 1.807) is 36.4 Å². The van der Waals surface area contributed by atoms with E-state index >= 15 is 0 Å². The minimum Gasteiger partial charge on any atom is -0.486 e. The molecule has 0 aliphatic heterocycles. The molecule has 1 amide bonds. The summed E-state index contributed by atoms with van der Waals surface area (Å²) >= 11 is 5.83. The summed E-state index contributed by atoms with van der Waals surface area (Å²) in [4.78, 5) is 12.1. The summed E-state index contributed by atoms with van der Waals surface area (Å²) in [6.45, 7) is 3.50. The predicted molar refractivity (Wildman–Crippen MR) is 98.4 cm³/mol. The molecule has 2 aromatic heterocycles. The Balaban J connectivity index is 1.41. The van der Waals surface area contributed by atoms with Crippen molar-refractivity contribution in [1.82, 2.24) is 15.1 Å². The van der Waals surface area contributed by atoms with Crippen LogP contribution < -0.4 is 10.1 Å². The lowest BCUT2D eigenvalue weighted by atomic mass is 10.3. The first kappa shape index (κ1) is 18.1. The molecule has 0 saturated carbocycles. The van der Waals surface area contributed by atoms with Crippen molar-refractivity contribution in [3.63, 3.8) is 0 Å². The zero-order valence-corrected chi connectivity index (χ0v) is 15.2. The van der Waals surface area contributed by atoms with Crippen molar-refractivity contribution in [3.8, 4) is 5.75 Å². The smallest absolute Gasteiger partial charge is 0.286 e. The lowest BCUT2D eigenvalue weighted by Crippen LogP contribution is -2.24. The van der Waals surface area contributed by atoms with E-state index in [9.17, 15) is 4.79 Å². The molecule has 0 atom stereocenters. The molecule has 0 aliphatic rings. The molecule has 0 aliphatic carbocycles. The topological polar surface area (TPSA) is 69.3 Å². The number of furan rings is 1. The van der Waals surface area contributed by atoms with Crippen molar-refractivity contribution in [2.24, 2.45) is 0 Å². The number of rotatable bonds is 8.